The van der Waals surface area contributed by atoms with Gasteiger partial charge in [0.05, 0.1) is 5.52 Å². The number of aldehydes is 1. The number of rotatable bonds is 2. The maximum Gasteiger partial charge on any atom is 0.129 e. The summed E-state index contributed by atoms with van der Waals surface area (Å²) in [4.78, 5) is 14.5. The fourth-order valence-corrected chi connectivity index (χ4v) is 1.53. The van der Waals surface area contributed by atoms with Gasteiger partial charge in [0.2, 0.25) is 0 Å². The summed E-state index contributed by atoms with van der Waals surface area (Å²) >= 11 is 5.75. The van der Waals surface area contributed by atoms with Gasteiger partial charge in [0.1, 0.15) is 11.4 Å². The molecule has 0 amide bonds. The molecule has 1 aromatic heterocycles. The lowest BCUT2D eigenvalue weighted by Gasteiger charge is -1.99. The Morgan fingerprint density at radius 2 is 2.14 bits per heavy atom. The van der Waals surface area contributed by atoms with E-state index in [1.165, 1.54) is 0 Å². The van der Waals surface area contributed by atoms with E-state index in [1.54, 1.807) is 6.07 Å². The van der Waals surface area contributed by atoms with Crippen LogP contribution in [0.3, 0.4) is 0 Å². The molecule has 0 unspecified atom stereocenters. The molecule has 2 rings (SSSR count). The van der Waals surface area contributed by atoms with Gasteiger partial charge in [0, 0.05) is 11.8 Å². The molecule has 0 spiro atoms. The van der Waals surface area contributed by atoms with Gasteiger partial charge in [-0.3, -0.25) is 0 Å². The predicted molar refractivity (Wildman–Crippen MR) is 56.5 cm³/mol. The Morgan fingerprint density at radius 1 is 1.29 bits per heavy atom. The molecule has 0 saturated heterocycles. The van der Waals surface area contributed by atoms with Crippen molar-refractivity contribution >= 4 is 28.8 Å². The van der Waals surface area contributed by atoms with Crippen LogP contribution in [0, 0.1) is 0 Å². The monoisotopic (exact) mass is 205 g/mol. The zero-order valence-electron chi connectivity index (χ0n) is 7.40. The number of benzene rings is 1. The van der Waals surface area contributed by atoms with Crippen LogP contribution in [-0.2, 0) is 11.2 Å². The fourth-order valence-electron chi connectivity index (χ4n) is 1.37. The SMILES string of the molecule is O=CCc1ccc2nc(Cl)ccc2c1. The second-order valence-electron chi connectivity index (χ2n) is 3.03. The van der Waals surface area contributed by atoms with Crippen molar-refractivity contribution in [2.75, 3.05) is 0 Å². The molecule has 0 saturated carbocycles. The zero-order valence-corrected chi connectivity index (χ0v) is 8.16. The van der Waals surface area contributed by atoms with Gasteiger partial charge in [-0.1, -0.05) is 17.7 Å². The van der Waals surface area contributed by atoms with Gasteiger partial charge >= 0.3 is 0 Å². The van der Waals surface area contributed by atoms with Gasteiger partial charge < -0.3 is 4.79 Å². The highest BCUT2D eigenvalue weighted by molar-refractivity contribution is 6.29. The summed E-state index contributed by atoms with van der Waals surface area (Å²) in [6.45, 7) is 0. The van der Waals surface area contributed by atoms with Crippen LogP contribution in [-0.4, -0.2) is 11.3 Å². The lowest BCUT2D eigenvalue weighted by atomic mass is 10.1. The van der Waals surface area contributed by atoms with Crippen LogP contribution in [0.15, 0.2) is 30.3 Å². The minimum absolute atomic E-state index is 0.443. The average molecular weight is 206 g/mol. The highest BCUT2D eigenvalue weighted by atomic mass is 35.5. The number of halogens is 1. The molecule has 0 bridgehead atoms. The van der Waals surface area contributed by atoms with Crippen molar-refractivity contribution in [3.05, 3.63) is 41.0 Å². The fraction of sp³-hybridized carbons (Fsp3) is 0.0909. The minimum Gasteiger partial charge on any atom is -0.303 e. The van der Waals surface area contributed by atoms with Crippen LogP contribution in [0.4, 0.5) is 0 Å². The number of nitrogens with zero attached hydrogens (tertiary/aromatic N) is 1. The number of carbonyl (C=O) groups is 1. The van der Waals surface area contributed by atoms with E-state index in [9.17, 15) is 4.79 Å². The first-order valence-corrected chi connectivity index (χ1v) is 4.66. The highest BCUT2D eigenvalue weighted by Crippen LogP contribution is 2.16. The van der Waals surface area contributed by atoms with Crippen LogP contribution in [0.1, 0.15) is 5.56 Å². The van der Waals surface area contributed by atoms with E-state index in [4.69, 9.17) is 11.6 Å². The molecule has 14 heavy (non-hydrogen) atoms. The maximum absolute atomic E-state index is 10.3. The Labute approximate surface area is 86.5 Å². The van der Waals surface area contributed by atoms with Gasteiger partial charge in [-0.25, -0.2) is 4.98 Å². The summed E-state index contributed by atoms with van der Waals surface area (Å²) in [5, 5.41) is 1.49. The summed E-state index contributed by atoms with van der Waals surface area (Å²) in [7, 11) is 0. The zero-order chi connectivity index (χ0) is 9.97. The molecule has 70 valence electrons. The summed E-state index contributed by atoms with van der Waals surface area (Å²) in [6, 6.07) is 9.36. The molecule has 0 aliphatic carbocycles. The molecule has 0 N–H and O–H groups in total. The first kappa shape index (κ1) is 9.16. The second-order valence-corrected chi connectivity index (χ2v) is 3.42. The van der Waals surface area contributed by atoms with Crippen molar-refractivity contribution in [1.29, 1.82) is 0 Å². The third-order valence-electron chi connectivity index (χ3n) is 2.04. The van der Waals surface area contributed by atoms with Gasteiger partial charge in [0.15, 0.2) is 0 Å². The molecule has 1 heterocycles. The topological polar surface area (TPSA) is 30.0 Å². The van der Waals surface area contributed by atoms with Crippen molar-refractivity contribution in [3.8, 4) is 0 Å². The number of hydrogen-bond acceptors (Lipinski definition) is 2. The number of pyridine rings is 1. The van der Waals surface area contributed by atoms with Crippen molar-refractivity contribution in [3.63, 3.8) is 0 Å². The molecule has 2 nitrogen and oxygen atoms in total. The number of hydrogen-bond donors (Lipinski definition) is 0. The lowest BCUT2D eigenvalue weighted by Crippen LogP contribution is -1.86. The molecular formula is C11H8ClNO. The van der Waals surface area contributed by atoms with E-state index in [0.717, 1.165) is 22.8 Å². The summed E-state index contributed by atoms with van der Waals surface area (Å²) in [5.74, 6) is 0. The van der Waals surface area contributed by atoms with Gasteiger partial charge in [-0.2, -0.15) is 0 Å². The first-order chi connectivity index (χ1) is 6.79. The largest absolute Gasteiger partial charge is 0.303 e. The number of aromatic nitrogens is 1. The number of carbonyl (C=O) groups excluding carboxylic acids is 1. The van der Waals surface area contributed by atoms with Gasteiger partial charge in [-0.15, -0.1) is 0 Å². The molecule has 0 aliphatic heterocycles. The Morgan fingerprint density at radius 3 is 2.93 bits per heavy atom. The highest BCUT2D eigenvalue weighted by Gasteiger charge is 1.98. The molecule has 0 atom stereocenters. The van der Waals surface area contributed by atoms with Crippen LogP contribution in [0.5, 0.6) is 0 Å². The third-order valence-corrected chi connectivity index (χ3v) is 2.25. The van der Waals surface area contributed by atoms with E-state index in [2.05, 4.69) is 4.98 Å². The Bertz CT molecular complexity index is 482. The molecule has 2 aromatic rings. The van der Waals surface area contributed by atoms with Crippen LogP contribution in [0.2, 0.25) is 5.15 Å². The van der Waals surface area contributed by atoms with Gasteiger partial charge in [0.25, 0.3) is 0 Å². The lowest BCUT2D eigenvalue weighted by molar-refractivity contribution is -0.107. The van der Waals surface area contributed by atoms with Crippen LogP contribution in [0.25, 0.3) is 10.9 Å². The van der Waals surface area contributed by atoms with E-state index in [1.807, 2.05) is 24.3 Å². The Balaban J connectivity index is 2.55. The maximum atomic E-state index is 10.3. The minimum atomic E-state index is 0.443. The standard InChI is InChI=1S/C11H8ClNO/c12-11-4-2-9-7-8(5-6-14)1-3-10(9)13-11/h1-4,6-7H,5H2. The normalized spacial score (nSPS) is 10.4. The smallest absolute Gasteiger partial charge is 0.129 e. The third kappa shape index (κ3) is 1.75. The second kappa shape index (κ2) is 3.76. The van der Waals surface area contributed by atoms with E-state index >= 15 is 0 Å². The van der Waals surface area contributed by atoms with E-state index in [-0.39, 0.29) is 0 Å². The van der Waals surface area contributed by atoms with E-state index < -0.39 is 0 Å². The van der Waals surface area contributed by atoms with Crippen LogP contribution >= 0.6 is 11.6 Å². The van der Waals surface area contributed by atoms with E-state index in [0.29, 0.717) is 11.6 Å². The Hall–Kier alpha value is -1.41. The molecule has 3 heteroatoms. The predicted octanol–water partition coefficient (Wildman–Crippen LogP) is 2.63. The summed E-state index contributed by atoms with van der Waals surface area (Å²) in [6.07, 6.45) is 1.34. The number of fused-ring (bicyclic) bond motifs is 1. The van der Waals surface area contributed by atoms with Crippen molar-refractivity contribution in [2.45, 2.75) is 6.42 Å². The van der Waals surface area contributed by atoms with Crippen molar-refractivity contribution < 1.29 is 4.79 Å². The average Bonchev–Trinajstić information content (AvgIpc) is 2.19. The molecular weight excluding hydrogens is 198 g/mol. The first-order valence-electron chi connectivity index (χ1n) is 4.28. The van der Waals surface area contributed by atoms with Crippen LogP contribution < -0.4 is 0 Å². The molecule has 0 aliphatic rings. The van der Waals surface area contributed by atoms with Crippen molar-refractivity contribution in [1.82, 2.24) is 4.98 Å². The quantitative estimate of drug-likeness (QED) is 0.557. The molecule has 0 radical (unpaired) electrons. The van der Waals surface area contributed by atoms with Gasteiger partial charge in [-0.05, 0) is 29.8 Å². The Kier molecular flexibility index (Phi) is 2.46. The molecule has 0 fully saturated rings. The summed E-state index contributed by atoms with van der Waals surface area (Å²) < 4.78 is 0. The molecule has 1 aromatic carbocycles. The summed E-state index contributed by atoms with van der Waals surface area (Å²) in [5.41, 5.74) is 1.85. The van der Waals surface area contributed by atoms with Crippen molar-refractivity contribution in [2.24, 2.45) is 0 Å².